The van der Waals surface area contributed by atoms with E-state index < -0.39 is 20.5 Å². The largest absolute Gasteiger partial charge is 2.00 e. The van der Waals surface area contributed by atoms with Crippen LogP contribution in [0, 0.1) is 20.5 Å². The van der Waals surface area contributed by atoms with Crippen LogP contribution in [0.2, 0.25) is 0 Å². The Morgan fingerprint density at radius 3 is 1.02 bits per heavy atom. The molecule has 4 aromatic heterocycles. The molecule has 4 aromatic rings. The van der Waals surface area contributed by atoms with Crippen molar-refractivity contribution in [2.75, 3.05) is 0 Å². The summed E-state index contributed by atoms with van der Waals surface area (Å²) in [4.78, 5) is 23.9. The molecular weight excluding hydrogens is 693 g/mol. The summed E-state index contributed by atoms with van der Waals surface area (Å²) >= 11 is 0. The summed E-state index contributed by atoms with van der Waals surface area (Å²) in [6.07, 6.45) is 21.4. The van der Waals surface area contributed by atoms with Gasteiger partial charge in [-0.1, -0.05) is 24.3 Å². The number of hydrogen-bond donors (Lipinski definition) is 0. The smallest absolute Gasteiger partial charge is 0.457 e. The van der Waals surface area contributed by atoms with Crippen LogP contribution >= 0.6 is 0 Å². The van der Waals surface area contributed by atoms with E-state index >= 15 is 0 Å². The Labute approximate surface area is 267 Å². The number of hydrogen-bond acceptors (Lipinski definition) is 14. The van der Waals surface area contributed by atoms with E-state index in [1.165, 1.54) is 12.7 Å². The average Bonchev–Trinajstić information content (AvgIpc) is 2.87. The molecule has 0 aliphatic carbocycles. The Hall–Kier alpha value is -3.38. The third-order valence-corrected chi connectivity index (χ3v) is 3.47. The van der Waals surface area contributed by atoms with Crippen LogP contribution in [0.5, 0.6) is 0 Å². The summed E-state index contributed by atoms with van der Waals surface area (Å²) in [5.41, 5.74) is 3.91. The van der Waals surface area contributed by atoms with Gasteiger partial charge in [0.25, 0.3) is 0 Å². The molecule has 0 aromatic carbocycles. The first-order chi connectivity index (χ1) is 17.9. The van der Waals surface area contributed by atoms with Gasteiger partial charge in [-0.2, -0.15) is 0 Å². The van der Waals surface area contributed by atoms with E-state index in [9.17, 15) is 0 Å². The standard InChI is InChI=1S/2C11H9N3.2ClHO4.5H2O.Zn/c2*1-2-10(8-12-6-1)3-4-11-5-7-13-9-14-11;2*2-1(3,4)5;;;;;;/h2*1-9H;2*(H,2,3,4,5);5*1H2;/q;;;;;;;;;+2/p+2/b2*4-3+;;;;;;;;. The quantitative estimate of drug-likeness (QED) is 0.139. The second-order valence-corrected chi connectivity index (χ2v) is 7.78. The van der Waals surface area contributed by atoms with Crippen LogP contribution in [0.4, 0.5) is 0 Å². The van der Waals surface area contributed by atoms with Crippen molar-refractivity contribution in [3.8, 4) is 0 Å². The first-order valence-corrected chi connectivity index (χ1v) is 12.3. The molecule has 0 unspecified atom stereocenters. The fourth-order valence-corrected chi connectivity index (χ4v) is 2.11. The monoisotopic (exact) mass is 722 g/mol. The third kappa shape index (κ3) is 36.6. The average molecular weight is 725 g/mol. The summed E-state index contributed by atoms with van der Waals surface area (Å²) in [6, 6.07) is 11.5. The minimum absolute atomic E-state index is 0. The van der Waals surface area contributed by atoms with Gasteiger partial charge in [0.05, 0.1) is 11.4 Å². The van der Waals surface area contributed by atoms with Crippen LogP contribution in [-0.2, 0) is 41.4 Å². The second kappa shape index (κ2) is 29.7. The molecule has 19 nitrogen and oxygen atoms in total. The molecule has 0 amide bonds. The summed E-state index contributed by atoms with van der Waals surface area (Å²) in [7, 11) is -9.89. The van der Waals surface area contributed by atoms with Gasteiger partial charge in [-0.15, -0.1) is 20.5 Å². The van der Waals surface area contributed by atoms with Crippen LogP contribution in [0.3, 0.4) is 0 Å². The van der Waals surface area contributed by atoms with Gasteiger partial charge in [0.1, 0.15) is 12.7 Å². The predicted molar refractivity (Wildman–Crippen MR) is 133 cm³/mol. The normalized spacial score (nSPS) is 9.45. The van der Waals surface area contributed by atoms with E-state index in [1.807, 2.05) is 60.7 Å². The van der Waals surface area contributed by atoms with Crippen LogP contribution in [0.25, 0.3) is 24.3 Å². The van der Waals surface area contributed by atoms with Crippen molar-refractivity contribution in [2.45, 2.75) is 0 Å². The fraction of sp³-hybridized carbons (Fsp3) is 0. The number of rotatable bonds is 4. The molecule has 240 valence electrons. The van der Waals surface area contributed by atoms with Gasteiger partial charge in [-0.3, -0.25) is 9.97 Å². The Bertz CT molecular complexity index is 1020. The summed E-state index contributed by atoms with van der Waals surface area (Å²) < 4.78 is 67.9. The molecule has 0 fully saturated rings. The maximum atomic E-state index is 8.49. The molecule has 0 saturated heterocycles. The third-order valence-electron chi connectivity index (χ3n) is 3.47. The molecule has 22 heteroatoms. The van der Waals surface area contributed by atoms with Crippen LogP contribution in [0.1, 0.15) is 22.5 Å². The molecule has 0 atom stereocenters. The van der Waals surface area contributed by atoms with Crippen LogP contribution in [-0.4, -0.2) is 35.4 Å². The van der Waals surface area contributed by atoms with E-state index in [2.05, 4.69) is 29.9 Å². The molecule has 4 heterocycles. The maximum absolute atomic E-state index is 8.49. The van der Waals surface area contributed by atoms with Gasteiger partial charge < -0.3 is 27.4 Å². The van der Waals surface area contributed by atoms with E-state index in [4.69, 9.17) is 37.3 Å². The van der Waals surface area contributed by atoms with Crippen molar-refractivity contribution in [3.63, 3.8) is 0 Å². The van der Waals surface area contributed by atoms with Crippen molar-refractivity contribution in [3.05, 3.63) is 109 Å². The molecule has 0 aliphatic rings. The number of aromatic nitrogens is 6. The predicted octanol–water partition coefficient (Wildman–Crippen LogP) is -9.94. The molecule has 0 bridgehead atoms. The van der Waals surface area contributed by atoms with Crippen molar-refractivity contribution in [2.24, 2.45) is 0 Å². The van der Waals surface area contributed by atoms with Crippen LogP contribution < -0.4 is 37.3 Å². The zero-order valence-corrected chi connectivity index (χ0v) is 27.1. The van der Waals surface area contributed by atoms with E-state index in [-0.39, 0.29) is 46.9 Å². The molecular formula is C22H32Cl2N6O13Zn+4. The zero-order valence-electron chi connectivity index (χ0n) is 22.6. The SMILES string of the molecule is C(=C\c1ccncn1)/c1cccnc1.C(=C\c1ccncn1)/c1cccnc1.O.[O-][Cl+3]([O-])([O-])[O-].[O-][Cl+3]([O-])([O-])[O-].[OH3+].[OH3+].[OH3+].[OH3+].[Zn+2]. The summed E-state index contributed by atoms with van der Waals surface area (Å²) in [6.45, 7) is 0. The Morgan fingerprint density at radius 2 is 0.795 bits per heavy atom. The van der Waals surface area contributed by atoms with Gasteiger partial charge in [0, 0.05) is 37.2 Å². The summed E-state index contributed by atoms with van der Waals surface area (Å²) in [5.74, 6) is 0. The van der Waals surface area contributed by atoms with Crippen molar-refractivity contribution in [1.82, 2.24) is 29.9 Å². The molecule has 0 aliphatic heterocycles. The van der Waals surface area contributed by atoms with Gasteiger partial charge in [0.2, 0.25) is 0 Å². The topological polar surface area (TPSA) is 425 Å². The fourth-order valence-electron chi connectivity index (χ4n) is 2.11. The summed E-state index contributed by atoms with van der Waals surface area (Å²) in [5, 5.41) is 0. The Balaban J connectivity index is -0.000000114. The molecule has 4 rings (SSSR count). The first-order valence-electron chi connectivity index (χ1n) is 9.82. The van der Waals surface area contributed by atoms with Gasteiger partial charge in [-0.05, 0) is 47.5 Å². The minimum atomic E-state index is -4.94. The van der Waals surface area contributed by atoms with Crippen molar-refractivity contribution >= 4 is 24.3 Å². The van der Waals surface area contributed by atoms with Crippen molar-refractivity contribution < 1.29 is 105 Å². The molecule has 0 radical (unpaired) electrons. The number of halogens is 2. The molecule has 14 N–H and O–H groups in total. The minimum Gasteiger partial charge on any atom is -0.457 e. The molecule has 44 heavy (non-hydrogen) atoms. The Morgan fingerprint density at radius 1 is 0.477 bits per heavy atom. The first kappa shape index (κ1) is 53.2. The molecule has 0 saturated carbocycles. The maximum Gasteiger partial charge on any atom is 2.00 e. The van der Waals surface area contributed by atoms with Crippen LogP contribution in [0.15, 0.2) is 86.2 Å². The van der Waals surface area contributed by atoms with Crippen molar-refractivity contribution in [1.29, 1.82) is 0 Å². The van der Waals surface area contributed by atoms with Gasteiger partial charge in [0.15, 0.2) is 0 Å². The number of pyridine rings is 2. The van der Waals surface area contributed by atoms with E-state index in [0.717, 1.165) is 22.5 Å². The Kier molecular flexibility index (Phi) is 35.9. The van der Waals surface area contributed by atoms with E-state index in [1.54, 1.807) is 37.2 Å². The molecule has 0 spiro atoms. The van der Waals surface area contributed by atoms with Gasteiger partial charge in [-0.25, -0.2) is 57.2 Å². The van der Waals surface area contributed by atoms with E-state index in [0.29, 0.717) is 0 Å². The zero-order chi connectivity index (χ0) is 28.3. The number of nitrogens with zero attached hydrogens (tertiary/aromatic N) is 6. The van der Waals surface area contributed by atoms with Gasteiger partial charge >= 0.3 is 19.5 Å². The second-order valence-electron chi connectivity index (χ2n) is 6.26.